The van der Waals surface area contributed by atoms with E-state index < -0.39 is 27.7 Å². The van der Waals surface area contributed by atoms with E-state index in [2.05, 4.69) is 5.32 Å². The highest BCUT2D eigenvalue weighted by Crippen LogP contribution is 2.30. The molecule has 1 aliphatic rings. The molecule has 156 valence electrons. The van der Waals surface area contributed by atoms with E-state index in [1.807, 2.05) is 0 Å². The third kappa shape index (κ3) is 4.88. The Bertz CT molecular complexity index is 1000. The van der Waals surface area contributed by atoms with Gasteiger partial charge in [-0.2, -0.15) is 4.31 Å². The average Bonchev–Trinajstić information content (AvgIpc) is 2.71. The first-order chi connectivity index (χ1) is 13.8. The first-order valence-corrected chi connectivity index (χ1v) is 11.1. The molecule has 0 spiro atoms. The number of halogens is 2. The smallest absolute Gasteiger partial charge is 0.243 e. The number of carbonyl (C=O) groups is 1. The average molecular weight is 441 g/mol. The summed E-state index contributed by atoms with van der Waals surface area (Å²) in [6.45, 7) is 2.54. The van der Waals surface area contributed by atoms with Gasteiger partial charge in [-0.15, -0.1) is 0 Å². The number of nitrogens with one attached hydrogen (secondary N) is 1. The third-order valence-corrected chi connectivity index (χ3v) is 6.88. The Labute approximate surface area is 174 Å². The normalized spacial score (nSPS) is 17.7. The van der Waals surface area contributed by atoms with E-state index in [0.717, 1.165) is 0 Å². The Morgan fingerprint density at radius 3 is 2.76 bits per heavy atom. The molecule has 0 radical (unpaired) electrons. The van der Waals surface area contributed by atoms with Gasteiger partial charge >= 0.3 is 0 Å². The highest BCUT2D eigenvalue weighted by Gasteiger charge is 2.33. The van der Waals surface area contributed by atoms with Crippen molar-refractivity contribution in [1.29, 1.82) is 0 Å². The monoisotopic (exact) mass is 440 g/mol. The van der Waals surface area contributed by atoms with Crippen molar-refractivity contribution in [3.63, 3.8) is 0 Å². The molecule has 3 rings (SSSR count). The van der Waals surface area contributed by atoms with Crippen molar-refractivity contribution in [3.05, 3.63) is 53.3 Å². The van der Waals surface area contributed by atoms with Crippen molar-refractivity contribution >= 4 is 33.2 Å². The Hall–Kier alpha value is -2.16. The zero-order chi connectivity index (χ0) is 21.0. The minimum Gasteiger partial charge on any atom is -0.492 e. The van der Waals surface area contributed by atoms with Crippen LogP contribution in [0.4, 0.5) is 10.1 Å². The molecule has 0 aromatic heterocycles. The van der Waals surface area contributed by atoms with Crippen LogP contribution in [0.2, 0.25) is 5.02 Å². The first-order valence-electron chi connectivity index (χ1n) is 9.31. The molecule has 0 unspecified atom stereocenters. The van der Waals surface area contributed by atoms with Crippen LogP contribution in [0.5, 0.6) is 5.75 Å². The van der Waals surface area contributed by atoms with E-state index in [9.17, 15) is 17.6 Å². The predicted octanol–water partition coefficient (Wildman–Crippen LogP) is 3.92. The fraction of sp³-hybridized carbons (Fsp3) is 0.350. The third-order valence-electron chi connectivity index (χ3n) is 4.73. The molecule has 29 heavy (non-hydrogen) atoms. The molecular weight excluding hydrogens is 419 g/mol. The van der Waals surface area contributed by atoms with Gasteiger partial charge in [0.2, 0.25) is 15.9 Å². The van der Waals surface area contributed by atoms with Crippen LogP contribution in [-0.2, 0) is 14.8 Å². The number of para-hydroxylation sites is 1. The van der Waals surface area contributed by atoms with Crippen LogP contribution in [0.15, 0.2) is 47.4 Å². The molecule has 1 fully saturated rings. The fourth-order valence-corrected chi connectivity index (χ4v) is 5.09. The van der Waals surface area contributed by atoms with Gasteiger partial charge in [-0.05, 0) is 50.1 Å². The minimum atomic E-state index is -3.82. The SMILES string of the molecule is CCOc1ccc(S(=O)(=O)N2CCC[C@@H](C(=O)Nc3ccccc3F)C2)cc1Cl. The van der Waals surface area contributed by atoms with Gasteiger partial charge in [-0.1, -0.05) is 23.7 Å². The van der Waals surface area contributed by atoms with Gasteiger partial charge in [-0.25, -0.2) is 12.8 Å². The maximum atomic E-state index is 13.8. The summed E-state index contributed by atoms with van der Waals surface area (Å²) in [5.74, 6) is -1.10. The second-order valence-corrected chi connectivity index (χ2v) is 9.04. The van der Waals surface area contributed by atoms with Crippen LogP contribution in [0, 0.1) is 11.7 Å². The summed E-state index contributed by atoms with van der Waals surface area (Å²) in [5, 5.41) is 2.76. The number of sulfonamides is 1. The van der Waals surface area contributed by atoms with Crippen molar-refractivity contribution in [2.75, 3.05) is 25.0 Å². The summed E-state index contributed by atoms with van der Waals surface area (Å²) in [6.07, 6.45) is 1.05. The number of benzene rings is 2. The Morgan fingerprint density at radius 1 is 1.31 bits per heavy atom. The number of rotatable bonds is 6. The topological polar surface area (TPSA) is 75.7 Å². The number of piperidine rings is 1. The molecule has 1 aliphatic heterocycles. The number of ether oxygens (including phenoxy) is 1. The molecule has 1 heterocycles. The molecule has 1 N–H and O–H groups in total. The van der Waals surface area contributed by atoms with Crippen LogP contribution < -0.4 is 10.1 Å². The van der Waals surface area contributed by atoms with E-state index in [4.69, 9.17) is 16.3 Å². The summed E-state index contributed by atoms with van der Waals surface area (Å²) in [7, 11) is -3.82. The molecule has 0 saturated carbocycles. The van der Waals surface area contributed by atoms with Crippen molar-refractivity contribution in [2.24, 2.45) is 5.92 Å². The summed E-state index contributed by atoms with van der Waals surface area (Å²) < 4.78 is 46.4. The maximum Gasteiger partial charge on any atom is 0.243 e. The van der Waals surface area contributed by atoms with Gasteiger partial charge in [0.1, 0.15) is 11.6 Å². The lowest BCUT2D eigenvalue weighted by molar-refractivity contribution is -0.120. The van der Waals surface area contributed by atoms with Gasteiger partial charge in [0, 0.05) is 13.1 Å². The van der Waals surface area contributed by atoms with Crippen molar-refractivity contribution in [2.45, 2.75) is 24.7 Å². The largest absolute Gasteiger partial charge is 0.492 e. The summed E-state index contributed by atoms with van der Waals surface area (Å²) >= 11 is 6.13. The number of amides is 1. The van der Waals surface area contributed by atoms with E-state index in [1.165, 1.54) is 40.7 Å². The molecule has 0 aliphatic carbocycles. The van der Waals surface area contributed by atoms with Crippen LogP contribution in [0.3, 0.4) is 0 Å². The second kappa shape index (κ2) is 9.11. The molecule has 0 bridgehead atoms. The van der Waals surface area contributed by atoms with Crippen LogP contribution in [0.1, 0.15) is 19.8 Å². The van der Waals surface area contributed by atoms with Gasteiger partial charge in [0.05, 0.1) is 28.1 Å². The van der Waals surface area contributed by atoms with Gasteiger partial charge < -0.3 is 10.1 Å². The lowest BCUT2D eigenvalue weighted by Crippen LogP contribution is -2.43. The number of carbonyl (C=O) groups excluding carboxylic acids is 1. The highest BCUT2D eigenvalue weighted by molar-refractivity contribution is 7.89. The Balaban J connectivity index is 1.75. The fourth-order valence-electron chi connectivity index (χ4n) is 3.24. The molecule has 9 heteroatoms. The molecule has 1 saturated heterocycles. The van der Waals surface area contributed by atoms with E-state index >= 15 is 0 Å². The molecular formula is C20H22ClFN2O4S. The van der Waals surface area contributed by atoms with Crippen molar-refractivity contribution in [1.82, 2.24) is 4.31 Å². The quantitative estimate of drug-likeness (QED) is 0.738. The second-order valence-electron chi connectivity index (χ2n) is 6.70. The number of anilines is 1. The minimum absolute atomic E-state index is 0.0213. The van der Waals surface area contributed by atoms with Gasteiger partial charge in [-0.3, -0.25) is 4.79 Å². The van der Waals surface area contributed by atoms with Gasteiger partial charge in [0.25, 0.3) is 0 Å². The van der Waals surface area contributed by atoms with Crippen LogP contribution >= 0.6 is 11.6 Å². The summed E-state index contributed by atoms with van der Waals surface area (Å²) in [4.78, 5) is 12.6. The molecule has 2 aromatic rings. The van der Waals surface area contributed by atoms with Gasteiger partial charge in [0.15, 0.2) is 0 Å². The first kappa shape index (κ1) is 21.5. The number of nitrogens with zero attached hydrogens (tertiary/aromatic N) is 1. The predicted molar refractivity (Wildman–Crippen MR) is 109 cm³/mol. The zero-order valence-electron chi connectivity index (χ0n) is 15.9. The summed E-state index contributed by atoms with van der Waals surface area (Å²) in [6, 6.07) is 10.2. The number of hydrogen-bond acceptors (Lipinski definition) is 4. The maximum absolute atomic E-state index is 13.8. The highest BCUT2D eigenvalue weighted by atomic mass is 35.5. The van der Waals surface area contributed by atoms with E-state index in [0.29, 0.717) is 31.7 Å². The number of hydrogen-bond donors (Lipinski definition) is 1. The molecule has 6 nitrogen and oxygen atoms in total. The van der Waals surface area contributed by atoms with Crippen LogP contribution in [-0.4, -0.2) is 38.3 Å². The molecule has 1 amide bonds. The summed E-state index contributed by atoms with van der Waals surface area (Å²) in [5.41, 5.74) is 0.0794. The van der Waals surface area contributed by atoms with Crippen molar-refractivity contribution in [3.8, 4) is 5.75 Å². The Morgan fingerprint density at radius 2 is 2.07 bits per heavy atom. The molecule has 1 atom stereocenters. The lowest BCUT2D eigenvalue weighted by atomic mass is 9.98. The standard InChI is InChI=1S/C20H22ClFN2O4S/c1-2-28-19-10-9-15(12-16(19)21)29(26,27)24-11-5-6-14(13-24)20(25)23-18-8-4-3-7-17(18)22/h3-4,7-10,12,14H,2,5-6,11,13H2,1H3,(H,23,25)/t14-/m1/s1. The van der Waals surface area contributed by atoms with E-state index in [-0.39, 0.29) is 22.2 Å². The lowest BCUT2D eigenvalue weighted by Gasteiger charge is -2.31. The van der Waals surface area contributed by atoms with Crippen molar-refractivity contribution < 1.29 is 22.3 Å². The van der Waals surface area contributed by atoms with E-state index in [1.54, 1.807) is 13.0 Å². The zero-order valence-corrected chi connectivity index (χ0v) is 17.5. The molecule has 2 aromatic carbocycles. The van der Waals surface area contributed by atoms with Crippen LogP contribution in [0.25, 0.3) is 0 Å². The Kier molecular flexibility index (Phi) is 6.77.